The van der Waals surface area contributed by atoms with Gasteiger partial charge in [-0.25, -0.2) is 0 Å². The maximum Gasteiger partial charge on any atom is 0.226 e. The molecule has 3 nitrogen and oxygen atoms in total. The van der Waals surface area contributed by atoms with Crippen molar-refractivity contribution < 1.29 is 9.90 Å². The van der Waals surface area contributed by atoms with Gasteiger partial charge in [0, 0.05) is 17.0 Å². The smallest absolute Gasteiger partial charge is 0.226 e. The summed E-state index contributed by atoms with van der Waals surface area (Å²) in [5, 5.41) is 14.1. The molecule has 0 bridgehead atoms. The SMILES string of the molecule is CC(C)(Cc1cccc(Cl)c1)C(=O)NCC1(O)CCSCC1. The first-order chi connectivity index (χ1) is 10.3. The minimum atomic E-state index is -0.743. The first kappa shape index (κ1) is 17.6. The average Bonchev–Trinajstić information content (AvgIpc) is 2.45. The highest BCUT2D eigenvalue weighted by molar-refractivity contribution is 7.99. The van der Waals surface area contributed by atoms with Crippen LogP contribution in [0.5, 0.6) is 0 Å². The van der Waals surface area contributed by atoms with Gasteiger partial charge < -0.3 is 10.4 Å². The normalized spacial score (nSPS) is 18.0. The highest BCUT2D eigenvalue weighted by Gasteiger charge is 2.33. The van der Waals surface area contributed by atoms with Crippen LogP contribution in [0.3, 0.4) is 0 Å². The summed E-state index contributed by atoms with van der Waals surface area (Å²) in [7, 11) is 0. The Morgan fingerprint density at radius 2 is 2.09 bits per heavy atom. The predicted octanol–water partition coefficient (Wildman–Crippen LogP) is 3.28. The third-order valence-corrected chi connectivity index (χ3v) is 5.37. The molecule has 0 spiro atoms. The molecule has 5 heteroatoms. The molecule has 0 atom stereocenters. The van der Waals surface area contributed by atoms with Gasteiger partial charge in [-0.1, -0.05) is 37.6 Å². The number of rotatable bonds is 5. The maximum absolute atomic E-state index is 12.5. The number of halogens is 1. The van der Waals surface area contributed by atoms with Gasteiger partial charge in [0.1, 0.15) is 0 Å². The molecule has 1 amide bonds. The lowest BCUT2D eigenvalue weighted by atomic mass is 9.84. The number of benzene rings is 1. The highest BCUT2D eigenvalue weighted by atomic mass is 35.5. The van der Waals surface area contributed by atoms with Crippen LogP contribution in [0.4, 0.5) is 0 Å². The topological polar surface area (TPSA) is 49.3 Å². The number of hydrogen-bond acceptors (Lipinski definition) is 3. The van der Waals surface area contributed by atoms with Gasteiger partial charge in [0.15, 0.2) is 0 Å². The first-order valence-corrected chi connectivity index (χ1v) is 9.17. The molecule has 0 aromatic heterocycles. The quantitative estimate of drug-likeness (QED) is 0.864. The summed E-state index contributed by atoms with van der Waals surface area (Å²) in [5.41, 5.74) is -0.238. The summed E-state index contributed by atoms with van der Waals surface area (Å²) in [6.07, 6.45) is 2.10. The Balaban J connectivity index is 1.92. The summed E-state index contributed by atoms with van der Waals surface area (Å²) in [4.78, 5) is 12.5. The number of carbonyl (C=O) groups is 1. The van der Waals surface area contributed by atoms with E-state index in [4.69, 9.17) is 11.6 Å². The van der Waals surface area contributed by atoms with Crippen LogP contribution < -0.4 is 5.32 Å². The lowest BCUT2D eigenvalue weighted by Gasteiger charge is -2.33. The van der Waals surface area contributed by atoms with Gasteiger partial charge in [-0.2, -0.15) is 11.8 Å². The number of thioether (sulfide) groups is 1. The molecule has 1 fully saturated rings. The number of hydrogen-bond donors (Lipinski definition) is 2. The van der Waals surface area contributed by atoms with Crippen molar-refractivity contribution in [3.63, 3.8) is 0 Å². The minimum absolute atomic E-state index is 0.0286. The molecule has 1 saturated heterocycles. The van der Waals surface area contributed by atoms with Gasteiger partial charge in [0.25, 0.3) is 0 Å². The van der Waals surface area contributed by atoms with Crippen molar-refractivity contribution in [3.05, 3.63) is 34.9 Å². The van der Waals surface area contributed by atoms with E-state index in [1.165, 1.54) is 0 Å². The molecule has 1 aromatic rings. The predicted molar refractivity (Wildman–Crippen MR) is 93.5 cm³/mol. The van der Waals surface area contributed by atoms with Gasteiger partial charge in [0.2, 0.25) is 5.91 Å². The van der Waals surface area contributed by atoms with Crippen molar-refractivity contribution in [1.82, 2.24) is 5.32 Å². The highest BCUT2D eigenvalue weighted by Crippen LogP contribution is 2.27. The summed E-state index contributed by atoms with van der Waals surface area (Å²) in [5.74, 6) is 1.88. The Hall–Kier alpha value is -0.710. The van der Waals surface area contributed by atoms with Crippen molar-refractivity contribution >= 4 is 29.3 Å². The second-order valence-corrected chi connectivity index (χ2v) is 8.37. The Morgan fingerprint density at radius 1 is 1.41 bits per heavy atom. The van der Waals surface area contributed by atoms with Crippen LogP contribution >= 0.6 is 23.4 Å². The Morgan fingerprint density at radius 3 is 2.73 bits per heavy atom. The standard InChI is InChI=1S/C17H24ClNO2S/c1-16(2,11-13-4-3-5-14(18)10-13)15(20)19-12-17(21)6-8-22-9-7-17/h3-5,10,21H,6-9,11-12H2,1-2H3,(H,19,20). The lowest BCUT2D eigenvalue weighted by Crippen LogP contribution is -2.48. The molecule has 0 radical (unpaired) electrons. The maximum atomic E-state index is 12.5. The number of aliphatic hydroxyl groups is 1. The molecular formula is C17H24ClNO2S. The van der Waals surface area contributed by atoms with Gasteiger partial charge >= 0.3 is 0 Å². The number of amides is 1. The van der Waals surface area contributed by atoms with Gasteiger partial charge in [0.05, 0.1) is 5.60 Å². The fourth-order valence-corrected chi connectivity index (χ4v) is 4.12. The second-order valence-electron chi connectivity index (χ2n) is 6.71. The summed E-state index contributed by atoms with van der Waals surface area (Å²) < 4.78 is 0. The summed E-state index contributed by atoms with van der Waals surface area (Å²) in [6.45, 7) is 4.18. The molecule has 1 aliphatic rings. The van der Waals surface area contributed by atoms with E-state index in [0.29, 0.717) is 18.0 Å². The molecule has 1 aromatic carbocycles. The fraction of sp³-hybridized carbons (Fsp3) is 0.588. The van der Waals surface area contributed by atoms with Crippen LogP contribution in [0.15, 0.2) is 24.3 Å². The van der Waals surface area contributed by atoms with E-state index in [0.717, 1.165) is 29.9 Å². The third kappa shape index (κ3) is 4.90. The van der Waals surface area contributed by atoms with Gasteiger partial charge in [-0.15, -0.1) is 0 Å². The Kier molecular flexibility index (Phi) is 5.81. The molecule has 0 aliphatic carbocycles. The summed E-state index contributed by atoms with van der Waals surface area (Å²) in [6, 6.07) is 7.60. The zero-order chi connectivity index (χ0) is 16.2. The zero-order valence-corrected chi connectivity index (χ0v) is 14.8. The molecule has 2 rings (SSSR count). The van der Waals surface area contributed by atoms with E-state index in [1.54, 1.807) is 0 Å². The van der Waals surface area contributed by atoms with E-state index in [2.05, 4.69) is 5.32 Å². The van der Waals surface area contributed by atoms with Crippen LogP contribution in [0.2, 0.25) is 5.02 Å². The molecule has 1 aliphatic heterocycles. The van der Waals surface area contributed by atoms with E-state index >= 15 is 0 Å². The van der Waals surface area contributed by atoms with E-state index in [1.807, 2.05) is 49.9 Å². The molecule has 122 valence electrons. The molecule has 0 unspecified atom stereocenters. The summed E-state index contributed by atoms with van der Waals surface area (Å²) >= 11 is 7.85. The average molecular weight is 342 g/mol. The largest absolute Gasteiger partial charge is 0.388 e. The van der Waals surface area contributed by atoms with E-state index in [9.17, 15) is 9.90 Å². The lowest BCUT2D eigenvalue weighted by molar-refractivity contribution is -0.130. The van der Waals surface area contributed by atoms with Gasteiger partial charge in [-0.05, 0) is 48.5 Å². The fourth-order valence-electron chi connectivity index (χ4n) is 2.65. The van der Waals surface area contributed by atoms with Crippen molar-refractivity contribution in [1.29, 1.82) is 0 Å². The monoisotopic (exact) mass is 341 g/mol. The molecular weight excluding hydrogens is 318 g/mol. The zero-order valence-electron chi connectivity index (χ0n) is 13.2. The van der Waals surface area contributed by atoms with Crippen molar-refractivity contribution in [2.75, 3.05) is 18.1 Å². The number of carbonyl (C=O) groups excluding carboxylic acids is 1. The van der Waals surface area contributed by atoms with Gasteiger partial charge in [-0.3, -0.25) is 4.79 Å². The van der Waals surface area contributed by atoms with E-state index < -0.39 is 11.0 Å². The van der Waals surface area contributed by atoms with Crippen LogP contribution in [0.1, 0.15) is 32.3 Å². The van der Waals surface area contributed by atoms with Crippen LogP contribution in [-0.4, -0.2) is 34.7 Å². The third-order valence-electron chi connectivity index (χ3n) is 4.15. The van der Waals surface area contributed by atoms with Crippen molar-refractivity contribution in [2.24, 2.45) is 5.41 Å². The molecule has 1 heterocycles. The first-order valence-electron chi connectivity index (χ1n) is 7.64. The van der Waals surface area contributed by atoms with Crippen LogP contribution in [-0.2, 0) is 11.2 Å². The molecule has 2 N–H and O–H groups in total. The van der Waals surface area contributed by atoms with Crippen LogP contribution in [0, 0.1) is 5.41 Å². The van der Waals surface area contributed by atoms with E-state index in [-0.39, 0.29) is 5.91 Å². The Bertz CT molecular complexity index is 527. The van der Waals surface area contributed by atoms with Crippen LogP contribution in [0.25, 0.3) is 0 Å². The van der Waals surface area contributed by atoms with Crippen molar-refractivity contribution in [2.45, 2.75) is 38.7 Å². The Labute approximate surface area is 141 Å². The number of nitrogens with one attached hydrogen (secondary N) is 1. The van der Waals surface area contributed by atoms with Crippen molar-refractivity contribution in [3.8, 4) is 0 Å². The molecule has 0 saturated carbocycles. The molecule has 22 heavy (non-hydrogen) atoms. The second kappa shape index (κ2) is 7.24. The minimum Gasteiger partial charge on any atom is -0.388 e.